The molecule has 0 radical (unpaired) electrons. The van der Waals surface area contributed by atoms with Crippen LogP contribution in [0.25, 0.3) is 0 Å². The van der Waals surface area contributed by atoms with Gasteiger partial charge < -0.3 is 30.3 Å². The summed E-state index contributed by atoms with van der Waals surface area (Å²) in [7, 11) is 1.74. The highest BCUT2D eigenvalue weighted by Crippen LogP contribution is 2.35. The number of hydrogen-bond donors (Lipinski definition) is 2. The van der Waals surface area contributed by atoms with Crippen molar-refractivity contribution in [3.8, 4) is 0 Å². The fourth-order valence-corrected chi connectivity index (χ4v) is 6.63. The van der Waals surface area contributed by atoms with Gasteiger partial charge in [-0.15, -0.1) is 0 Å². The third-order valence-electron chi connectivity index (χ3n) is 8.80. The molecule has 4 fully saturated rings. The highest BCUT2D eigenvalue weighted by atomic mass is 16.5. The zero-order chi connectivity index (χ0) is 26.0. The van der Waals surface area contributed by atoms with Gasteiger partial charge in [-0.3, -0.25) is 14.4 Å². The summed E-state index contributed by atoms with van der Waals surface area (Å²) < 4.78 is 10.8. The molecule has 9 nitrogen and oxygen atoms in total. The van der Waals surface area contributed by atoms with Crippen LogP contribution in [0.3, 0.4) is 0 Å². The molecule has 0 spiro atoms. The molecule has 2 amide bonds. The summed E-state index contributed by atoms with van der Waals surface area (Å²) in [5, 5.41) is 3.12. The Balaban J connectivity index is 1.26. The summed E-state index contributed by atoms with van der Waals surface area (Å²) in [6.07, 6.45) is 5.60. The molecule has 0 unspecified atom stereocenters. The fraction of sp³-hybridized carbons (Fsp3) is 0.679. The van der Waals surface area contributed by atoms with E-state index < -0.39 is 23.7 Å². The number of nitrogens with two attached hydrogens (primary N) is 1. The Morgan fingerprint density at radius 1 is 1.14 bits per heavy atom. The lowest BCUT2D eigenvalue weighted by Gasteiger charge is -2.40. The zero-order valence-electron chi connectivity index (χ0n) is 21.8. The number of ether oxygens (including phenoxy) is 2. The summed E-state index contributed by atoms with van der Waals surface area (Å²) in [5.41, 5.74) is 7.00. The second-order valence-electron chi connectivity index (χ2n) is 11.1. The van der Waals surface area contributed by atoms with Crippen LogP contribution in [0.2, 0.25) is 0 Å². The predicted molar refractivity (Wildman–Crippen MR) is 138 cm³/mol. The average molecular weight is 513 g/mol. The van der Waals surface area contributed by atoms with Gasteiger partial charge in [0.25, 0.3) is 5.91 Å². The molecule has 3 saturated heterocycles. The molecule has 37 heavy (non-hydrogen) atoms. The lowest BCUT2D eigenvalue weighted by molar-refractivity contribution is -0.143. The topological polar surface area (TPSA) is 114 Å². The van der Waals surface area contributed by atoms with Crippen LogP contribution in [0.15, 0.2) is 24.3 Å². The summed E-state index contributed by atoms with van der Waals surface area (Å²) in [5.74, 6) is -0.0613. The van der Waals surface area contributed by atoms with E-state index in [-0.39, 0.29) is 30.7 Å². The standard InChI is InChI=1S/C28H40N4O5/c1-36-16-15-31-13-9-20(10-14-31)19-5-7-21(8-6-19)26(34)30-28(11-3-2-4-12-28)27(35)32-17-22(29)25-24(32)23(33)18-37-25/h5-8,20,22,24-25H,2-4,9-18,29H2,1H3,(H,30,34)/t22-,24+,25+/m0/s1. The molecule has 3 aliphatic heterocycles. The Morgan fingerprint density at radius 2 is 1.84 bits per heavy atom. The van der Waals surface area contributed by atoms with Crippen molar-refractivity contribution in [1.29, 1.82) is 0 Å². The summed E-state index contributed by atoms with van der Waals surface area (Å²) in [6, 6.07) is 6.82. The largest absolute Gasteiger partial charge is 0.383 e. The van der Waals surface area contributed by atoms with Crippen LogP contribution < -0.4 is 11.1 Å². The van der Waals surface area contributed by atoms with Gasteiger partial charge in [0.1, 0.15) is 24.3 Å². The number of benzene rings is 1. The first kappa shape index (κ1) is 26.3. The van der Waals surface area contributed by atoms with E-state index in [4.69, 9.17) is 15.2 Å². The number of likely N-dealkylation sites (tertiary alicyclic amines) is 2. The maximum absolute atomic E-state index is 13.9. The highest BCUT2D eigenvalue weighted by molar-refractivity contribution is 6.01. The lowest BCUT2D eigenvalue weighted by Crippen LogP contribution is -2.62. The molecule has 9 heteroatoms. The van der Waals surface area contributed by atoms with Crippen molar-refractivity contribution < 1.29 is 23.9 Å². The molecule has 3 N–H and O–H groups in total. The number of piperidine rings is 1. The van der Waals surface area contributed by atoms with Crippen LogP contribution in [0, 0.1) is 0 Å². The maximum atomic E-state index is 13.9. The molecule has 202 valence electrons. The first-order valence-corrected chi connectivity index (χ1v) is 13.8. The van der Waals surface area contributed by atoms with Crippen molar-refractivity contribution in [2.24, 2.45) is 5.73 Å². The van der Waals surface area contributed by atoms with Crippen molar-refractivity contribution in [2.45, 2.75) is 74.6 Å². The van der Waals surface area contributed by atoms with E-state index in [1.165, 1.54) is 5.56 Å². The number of nitrogens with zero attached hydrogens (tertiary/aromatic N) is 2. The maximum Gasteiger partial charge on any atom is 0.252 e. The van der Waals surface area contributed by atoms with Gasteiger partial charge in [-0.25, -0.2) is 0 Å². The van der Waals surface area contributed by atoms with E-state index in [0.717, 1.165) is 58.3 Å². The number of carbonyl (C=O) groups excluding carboxylic acids is 3. The molecule has 0 bridgehead atoms. The van der Waals surface area contributed by atoms with Crippen molar-refractivity contribution in [2.75, 3.05) is 46.5 Å². The van der Waals surface area contributed by atoms with Gasteiger partial charge in [0.05, 0.1) is 12.6 Å². The number of carbonyl (C=O) groups is 3. The molecule has 1 saturated carbocycles. The van der Waals surface area contributed by atoms with Crippen molar-refractivity contribution in [3.05, 3.63) is 35.4 Å². The summed E-state index contributed by atoms with van der Waals surface area (Å²) in [6.45, 7) is 4.09. The van der Waals surface area contributed by atoms with E-state index in [1.807, 2.05) is 12.1 Å². The molecule has 5 rings (SSSR count). The van der Waals surface area contributed by atoms with Crippen molar-refractivity contribution in [3.63, 3.8) is 0 Å². The van der Waals surface area contributed by atoms with Crippen LogP contribution in [0.4, 0.5) is 0 Å². The highest BCUT2D eigenvalue weighted by Gasteiger charge is 2.55. The van der Waals surface area contributed by atoms with Gasteiger partial charge in [0, 0.05) is 25.8 Å². The third-order valence-corrected chi connectivity index (χ3v) is 8.80. The van der Waals surface area contributed by atoms with E-state index >= 15 is 0 Å². The van der Waals surface area contributed by atoms with Crippen molar-refractivity contribution in [1.82, 2.24) is 15.1 Å². The number of amides is 2. The molecule has 4 aliphatic rings. The van der Waals surface area contributed by atoms with Crippen LogP contribution in [-0.2, 0) is 19.1 Å². The fourth-order valence-electron chi connectivity index (χ4n) is 6.63. The predicted octanol–water partition coefficient (Wildman–Crippen LogP) is 1.45. The second-order valence-corrected chi connectivity index (χ2v) is 11.1. The Labute approximate surface area is 219 Å². The van der Waals surface area contributed by atoms with Gasteiger partial charge >= 0.3 is 0 Å². The van der Waals surface area contributed by atoms with E-state index in [0.29, 0.717) is 24.3 Å². The normalized spacial score (nSPS) is 28.3. The Hall–Kier alpha value is -2.33. The van der Waals surface area contributed by atoms with Crippen LogP contribution in [-0.4, -0.2) is 97.6 Å². The van der Waals surface area contributed by atoms with E-state index in [9.17, 15) is 14.4 Å². The molecular weight excluding hydrogens is 472 g/mol. The van der Waals surface area contributed by atoms with E-state index in [1.54, 1.807) is 12.0 Å². The zero-order valence-corrected chi connectivity index (χ0v) is 21.8. The quantitative estimate of drug-likeness (QED) is 0.568. The van der Waals surface area contributed by atoms with Crippen molar-refractivity contribution >= 4 is 17.6 Å². The number of fused-ring (bicyclic) bond motifs is 1. The SMILES string of the molecule is COCCN1CCC(c2ccc(C(=O)NC3(C(=O)N4C[C@H](N)[C@H]5OCC(=O)[C@H]54)CCCCC3)cc2)CC1. The van der Waals surface area contributed by atoms with Gasteiger partial charge in [-0.1, -0.05) is 31.4 Å². The number of nitrogens with one attached hydrogen (secondary N) is 1. The minimum absolute atomic E-state index is 0.00922. The molecule has 1 aromatic rings. The van der Waals surface area contributed by atoms with Gasteiger partial charge in [-0.2, -0.15) is 0 Å². The number of ketones is 1. The Morgan fingerprint density at radius 3 is 2.51 bits per heavy atom. The van der Waals surface area contributed by atoms with Crippen LogP contribution in [0.5, 0.6) is 0 Å². The minimum atomic E-state index is -1.01. The number of hydrogen-bond acceptors (Lipinski definition) is 7. The number of Topliss-reactive ketones (excluding diaryl/α,β-unsaturated/α-hetero) is 1. The number of rotatable bonds is 7. The molecule has 3 heterocycles. The first-order valence-electron chi connectivity index (χ1n) is 13.8. The van der Waals surface area contributed by atoms with Crippen LogP contribution in [0.1, 0.15) is 66.8 Å². The average Bonchev–Trinajstić information content (AvgIpc) is 3.48. The molecule has 1 aromatic carbocycles. The Kier molecular flexibility index (Phi) is 7.95. The van der Waals surface area contributed by atoms with Gasteiger partial charge in [-0.05, 0) is 62.4 Å². The minimum Gasteiger partial charge on any atom is -0.383 e. The second kappa shape index (κ2) is 11.2. The lowest BCUT2D eigenvalue weighted by atomic mass is 9.80. The molecule has 0 aromatic heterocycles. The summed E-state index contributed by atoms with van der Waals surface area (Å²) >= 11 is 0. The Bertz CT molecular complexity index is 985. The number of methoxy groups -OCH3 is 1. The third kappa shape index (κ3) is 5.32. The monoisotopic (exact) mass is 512 g/mol. The van der Waals surface area contributed by atoms with E-state index in [2.05, 4.69) is 22.3 Å². The van der Waals surface area contributed by atoms with Gasteiger partial charge in [0.15, 0.2) is 5.78 Å². The molecular formula is C28H40N4O5. The summed E-state index contributed by atoms with van der Waals surface area (Å²) in [4.78, 5) is 43.8. The first-order chi connectivity index (χ1) is 17.9. The smallest absolute Gasteiger partial charge is 0.252 e. The van der Waals surface area contributed by atoms with Crippen LogP contribution >= 0.6 is 0 Å². The molecule has 3 atom stereocenters. The van der Waals surface area contributed by atoms with Gasteiger partial charge in [0.2, 0.25) is 5.91 Å². The molecule has 1 aliphatic carbocycles.